The largest absolute Gasteiger partial charge is 0.352 e. The van der Waals surface area contributed by atoms with E-state index in [9.17, 15) is 13.2 Å². The van der Waals surface area contributed by atoms with Gasteiger partial charge in [0.15, 0.2) is 0 Å². The molecule has 7 heteroatoms. The number of hydrogen-bond donors (Lipinski definition) is 1. The van der Waals surface area contributed by atoms with Crippen molar-refractivity contribution in [1.29, 1.82) is 0 Å². The summed E-state index contributed by atoms with van der Waals surface area (Å²) in [4.78, 5) is 14.7. The number of nitrogens with zero attached hydrogens (tertiary/aromatic N) is 2. The second kappa shape index (κ2) is 7.53. The number of fused-ring (bicyclic) bond motifs is 1. The first-order valence-electron chi connectivity index (χ1n) is 10.1. The third kappa shape index (κ3) is 4.05. The van der Waals surface area contributed by atoms with Crippen LogP contribution in [0.3, 0.4) is 0 Å². The van der Waals surface area contributed by atoms with Gasteiger partial charge in [-0.1, -0.05) is 6.07 Å². The molecule has 3 aliphatic rings. The van der Waals surface area contributed by atoms with Crippen LogP contribution in [0.1, 0.15) is 43.7 Å². The normalized spacial score (nSPS) is 22.9. The van der Waals surface area contributed by atoms with Crippen LogP contribution >= 0.6 is 0 Å². The molecule has 27 heavy (non-hydrogen) atoms. The predicted molar refractivity (Wildman–Crippen MR) is 104 cm³/mol. The van der Waals surface area contributed by atoms with Gasteiger partial charge in [0, 0.05) is 32.2 Å². The van der Waals surface area contributed by atoms with E-state index >= 15 is 0 Å². The van der Waals surface area contributed by atoms with Crippen molar-refractivity contribution in [3.05, 3.63) is 29.3 Å². The molecule has 1 aliphatic heterocycles. The van der Waals surface area contributed by atoms with Crippen molar-refractivity contribution in [1.82, 2.24) is 14.5 Å². The number of rotatable bonds is 5. The molecule has 2 aliphatic carbocycles. The fourth-order valence-electron chi connectivity index (χ4n) is 4.07. The van der Waals surface area contributed by atoms with Crippen LogP contribution in [0, 0.1) is 0 Å². The number of hydrogen-bond acceptors (Lipinski definition) is 4. The van der Waals surface area contributed by atoms with Crippen molar-refractivity contribution in [2.75, 3.05) is 26.2 Å². The number of carbonyl (C=O) groups is 1. The van der Waals surface area contributed by atoms with Crippen molar-refractivity contribution >= 4 is 15.9 Å². The SMILES string of the molecule is CC(C(=O)NC1CC1)N1CCN(S(=O)(=O)c2ccc3c(c2)CCCC3)CC1. The highest BCUT2D eigenvalue weighted by molar-refractivity contribution is 7.89. The van der Waals surface area contributed by atoms with Crippen molar-refractivity contribution in [2.24, 2.45) is 0 Å². The summed E-state index contributed by atoms with van der Waals surface area (Å²) in [6.07, 6.45) is 6.50. The Morgan fingerprint density at radius 3 is 2.41 bits per heavy atom. The number of amides is 1. The van der Waals surface area contributed by atoms with Gasteiger partial charge < -0.3 is 5.32 Å². The Hall–Kier alpha value is -1.44. The zero-order valence-corrected chi connectivity index (χ0v) is 16.8. The molecule has 1 aromatic carbocycles. The van der Waals surface area contributed by atoms with E-state index in [1.807, 2.05) is 19.1 Å². The summed E-state index contributed by atoms with van der Waals surface area (Å²) in [5, 5.41) is 3.03. The second-order valence-corrected chi connectivity index (χ2v) is 9.97. The van der Waals surface area contributed by atoms with Gasteiger partial charge in [-0.3, -0.25) is 9.69 Å². The Bertz CT molecular complexity index is 812. The Kier molecular flexibility index (Phi) is 5.27. The maximum atomic E-state index is 13.1. The lowest BCUT2D eigenvalue weighted by Gasteiger charge is -2.36. The number of carbonyl (C=O) groups excluding carboxylic acids is 1. The van der Waals surface area contributed by atoms with Crippen LogP contribution < -0.4 is 5.32 Å². The van der Waals surface area contributed by atoms with Crippen LogP contribution in [-0.2, 0) is 27.7 Å². The van der Waals surface area contributed by atoms with E-state index in [1.165, 1.54) is 17.5 Å². The number of benzene rings is 1. The average molecular weight is 392 g/mol. The summed E-state index contributed by atoms with van der Waals surface area (Å²) in [5.74, 6) is 0.0588. The molecular formula is C20H29N3O3S. The van der Waals surface area contributed by atoms with Gasteiger partial charge in [0.1, 0.15) is 0 Å². The highest BCUT2D eigenvalue weighted by Crippen LogP contribution is 2.26. The zero-order chi connectivity index (χ0) is 19.0. The summed E-state index contributed by atoms with van der Waals surface area (Å²) >= 11 is 0. The number of aryl methyl sites for hydroxylation is 2. The molecule has 1 saturated carbocycles. The number of nitrogens with one attached hydrogen (secondary N) is 1. The molecule has 0 spiro atoms. The first-order valence-corrected chi connectivity index (χ1v) is 11.6. The van der Waals surface area contributed by atoms with Gasteiger partial charge in [0.25, 0.3) is 0 Å². The Morgan fingerprint density at radius 2 is 1.74 bits per heavy atom. The molecule has 4 rings (SSSR count). The molecule has 1 amide bonds. The fraction of sp³-hybridized carbons (Fsp3) is 0.650. The van der Waals surface area contributed by atoms with Gasteiger partial charge >= 0.3 is 0 Å². The minimum atomic E-state index is -3.47. The summed E-state index contributed by atoms with van der Waals surface area (Å²) in [6, 6.07) is 5.77. The van der Waals surface area contributed by atoms with Gasteiger partial charge in [-0.05, 0) is 68.7 Å². The Balaban J connectivity index is 1.40. The molecule has 0 aromatic heterocycles. The third-order valence-electron chi connectivity index (χ3n) is 6.08. The van der Waals surface area contributed by atoms with Crippen molar-refractivity contribution in [3.63, 3.8) is 0 Å². The molecule has 148 valence electrons. The molecule has 1 N–H and O–H groups in total. The minimum absolute atomic E-state index is 0.0588. The first kappa shape index (κ1) is 18.9. The van der Waals surface area contributed by atoms with Gasteiger partial charge in [-0.2, -0.15) is 4.31 Å². The maximum absolute atomic E-state index is 13.1. The molecule has 6 nitrogen and oxygen atoms in total. The third-order valence-corrected chi connectivity index (χ3v) is 7.98. The van der Waals surface area contributed by atoms with Gasteiger partial charge in [0.05, 0.1) is 10.9 Å². The van der Waals surface area contributed by atoms with E-state index in [0.29, 0.717) is 37.1 Å². The molecule has 1 saturated heterocycles. The number of sulfonamides is 1. The predicted octanol–water partition coefficient (Wildman–Crippen LogP) is 1.54. The highest BCUT2D eigenvalue weighted by Gasteiger charge is 2.33. The number of piperazine rings is 1. The maximum Gasteiger partial charge on any atom is 0.243 e. The zero-order valence-electron chi connectivity index (χ0n) is 16.0. The van der Waals surface area contributed by atoms with Crippen LogP contribution in [0.4, 0.5) is 0 Å². The lowest BCUT2D eigenvalue weighted by Crippen LogP contribution is -2.55. The first-order chi connectivity index (χ1) is 12.9. The molecule has 2 fully saturated rings. The smallest absolute Gasteiger partial charge is 0.243 e. The van der Waals surface area contributed by atoms with Crippen molar-refractivity contribution < 1.29 is 13.2 Å². The summed E-state index contributed by atoms with van der Waals surface area (Å²) in [6.45, 7) is 3.94. The van der Waals surface area contributed by atoms with E-state index in [1.54, 1.807) is 10.4 Å². The molecule has 0 bridgehead atoms. The van der Waals surface area contributed by atoms with Gasteiger partial charge in [0.2, 0.25) is 15.9 Å². The average Bonchev–Trinajstić information content (AvgIpc) is 3.51. The summed E-state index contributed by atoms with van der Waals surface area (Å²) in [5.41, 5.74) is 2.48. The molecule has 0 radical (unpaired) electrons. The van der Waals surface area contributed by atoms with Crippen LogP contribution in [0.15, 0.2) is 23.1 Å². The van der Waals surface area contributed by atoms with Gasteiger partial charge in [-0.15, -0.1) is 0 Å². The standard InChI is InChI=1S/C20H29N3O3S/c1-15(20(24)21-18-7-8-18)22-10-12-23(13-11-22)27(25,26)19-9-6-16-4-2-3-5-17(16)14-19/h6,9,14-15,18H,2-5,7-8,10-13H2,1H3,(H,21,24). The van der Waals surface area contributed by atoms with Crippen molar-refractivity contribution in [2.45, 2.75) is 62.4 Å². The quantitative estimate of drug-likeness (QED) is 0.827. The van der Waals surface area contributed by atoms with Crippen LogP contribution in [0.5, 0.6) is 0 Å². The lowest BCUT2D eigenvalue weighted by atomic mass is 9.92. The van der Waals surface area contributed by atoms with E-state index in [-0.39, 0.29) is 11.9 Å². The van der Waals surface area contributed by atoms with Crippen LogP contribution in [0.25, 0.3) is 0 Å². The van der Waals surface area contributed by atoms with Crippen molar-refractivity contribution in [3.8, 4) is 0 Å². The second-order valence-electron chi connectivity index (χ2n) is 8.04. The Labute approximate surface area is 162 Å². The van der Waals surface area contributed by atoms with Crippen LogP contribution in [-0.4, -0.2) is 61.8 Å². The summed E-state index contributed by atoms with van der Waals surface area (Å²) in [7, 11) is -3.47. The molecule has 1 unspecified atom stereocenters. The van der Waals surface area contributed by atoms with Crippen LogP contribution in [0.2, 0.25) is 0 Å². The van der Waals surface area contributed by atoms with E-state index in [0.717, 1.165) is 32.1 Å². The van der Waals surface area contributed by atoms with E-state index in [4.69, 9.17) is 0 Å². The monoisotopic (exact) mass is 391 g/mol. The summed E-state index contributed by atoms with van der Waals surface area (Å²) < 4.78 is 27.7. The highest BCUT2D eigenvalue weighted by atomic mass is 32.2. The molecule has 1 aromatic rings. The van der Waals surface area contributed by atoms with E-state index in [2.05, 4.69) is 10.2 Å². The Morgan fingerprint density at radius 1 is 1.07 bits per heavy atom. The molecule has 1 heterocycles. The molecular weight excluding hydrogens is 362 g/mol. The lowest BCUT2D eigenvalue weighted by molar-refractivity contribution is -0.126. The fourth-order valence-corrected chi connectivity index (χ4v) is 5.54. The molecule has 1 atom stereocenters. The minimum Gasteiger partial charge on any atom is -0.352 e. The van der Waals surface area contributed by atoms with Gasteiger partial charge in [-0.25, -0.2) is 8.42 Å². The van der Waals surface area contributed by atoms with E-state index < -0.39 is 10.0 Å². The topological polar surface area (TPSA) is 69.7 Å².